The minimum atomic E-state index is -0.359. The Balaban J connectivity index is 2.61. The number of hydroxylamine groups is 1. The predicted molar refractivity (Wildman–Crippen MR) is 44.5 cm³/mol. The normalized spacial score (nSPS) is 9.62. The number of hydrogen-bond donors (Lipinski definition) is 1. The minimum Gasteiger partial charge on any atom is -0.619 e. The van der Waals surface area contributed by atoms with Gasteiger partial charge in [0, 0.05) is 12.1 Å². The molecule has 0 atom stereocenters. The topological polar surface area (TPSA) is 65.3 Å². The molecule has 1 N–H and O–H groups in total. The van der Waals surface area contributed by atoms with E-state index in [0.717, 1.165) is 0 Å². The van der Waals surface area contributed by atoms with E-state index in [1.807, 2.05) is 0 Å². The molecule has 0 saturated heterocycles. The van der Waals surface area contributed by atoms with E-state index in [9.17, 15) is 10.0 Å². The lowest BCUT2D eigenvalue weighted by Crippen LogP contribution is -2.27. The molecule has 0 radical (unpaired) electrons. The highest BCUT2D eigenvalue weighted by atomic mass is 16.6. The Bertz CT molecular complexity index is 284. The summed E-state index contributed by atoms with van der Waals surface area (Å²) >= 11 is 0. The van der Waals surface area contributed by atoms with Gasteiger partial charge in [-0.3, -0.25) is 9.63 Å². The fourth-order valence-corrected chi connectivity index (χ4v) is 0.761. The number of amides is 1. The smallest absolute Gasteiger partial charge is 0.275 e. The van der Waals surface area contributed by atoms with Crippen LogP contribution in [0.5, 0.6) is 0 Å². The van der Waals surface area contributed by atoms with Gasteiger partial charge in [-0.25, -0.2) is 5.48 Å². The van der Waals surface area contributed by atoms with E-state index in [1.165, 1.54) is 24.5 Å². The zero-order valence-electron chi connectivity index (χ0n) is 7.19. The maximum absolute atomic E-state index is 11.2. The third kappa shape index (κ3) is 2.72. The van der Waals surface area contributed by atoms with Gasteiger partial charge in [0.15, 0.2) is 12.4 Å². The quantitative estimate of drug-likeness (QED) is 0.406. The summed E-state index contributed by atoms with van der Waals surface area (Å²) in [6.45, 7) is 2.16. The van der Waals surface area contributed by atoms with Crippen LogP contribution in [0, 0.1) is 5.21 Å². The summed E-state index contributed by atoms with van der Waals surface area (Å²) in [5.74, 6) is -0.359. The second-order valence-electron chi connectivity index (χ2n) is 2.31. The van der Waals surface area contributed by atoms with Crippen molar-refractivity contribution in [2.45, 2.75) is 6.92 Å². The fraction of sp³-hybridized carbons (Fsp3) is 0.250. The fourth-order valence-electron chi connectivity index (χ4n) is 0.761. The number of pyridine rings is 1. The predicted octanol–water partition coefficient (Wildman–Crippen LogP) is 0.00130. The number of carbonyl (C=O) groups is 1. The lowest BCUT2D eigenvalue weighted by atomic mass is 10.3. The SMILES string of the molecule is CCONC(=O)c1cc[n+]([O-])cc1. The van der Waals surface area contributed by atoms with Gasteiger partial charge in [-0.1, -0.05) is 0 Å². The van der Waals surface area contributed by atoms with Crippen LogP contribution in [0.2, 0.25) is 0 Å². The van der Waals surface area contributed by atoms with Crippen molar-refractivity contribution in [3.63, 3.8) is 0 Å². The molecule has 0 aliphatic rings. The second kappa shape index (κ2) is 4.42. The highest BCUT2D eigenvalue weighted by Crippen LogP contribution is 1.93. The van der Waals surface area contributed by atoms with Gasteiger partial charge in [-0.2, -0.15) is 4.73 Å². The van der Waals surface area contributed by atoms with Gasteiger partial charge in [0.2, 0.25) is 0 Å². The lowest BCUT2D eigenvalue weighted by Gasteiger charge is -2.02. The van der Waals surface area contributed by atoms with Crippen LogP contribution in [0.1, 0.15) is 17.3 Å². The molecule has 0 aromatic carbocycles. The van der Waals surface area contributed by atoms with Gasteiger partial charge >= 0.3 is 0 Å². The third-order valence-corrected chi connectivity index (χ3v) is 1.37. The number of nitrogens with one attached hydrogen (secondary N) is 1. The molecule has 1 rings (SSSR count). The van der Waals surface area contributed by atoms with E-state index < -0.39 is 0 Å². The highest BCUT2D eigenvalue weighted by Gasteiger charge is 2.05. The van der Waals surface area contributed by atoms with Crippen LogP contribution in [0.3, 0.4) is 0 Å². The first kappa shape index (κ1) is 9.47. The van der Waals surface area contributed by atoms with Crippen LogP contribution in [0.4, 0.5) is 0 Å². The Kier molecular flexibility index (Phi) is 3.22. The summed E-state index contributed by atoms with van der Waals surface area (Å²) in [7, 11) is 0. The third-order valence-electron chi connectivity index (χ3n) is 1.37. The van der Waals surface area contributed by atoms with E-state index in [2.05, 4.69) is 5.48 Å². The van der Waals surface area contributed by atoms with E-state index in [4.69, 9.17) is 4.84 Å². The number of rotatable bonds is 3. The molecule has 0 fully saturated rings. The molecule has 13 heavy (non-hydrogen) atoms. The van der Waals surface area contributed by atoms with E-state index in [-0.39, 0.29) is 5.91 Å². The number of nitrogens with zero attached hydrogens (tertiary/aromatic N) is 1. The number of hydrogen-bond acceptors (Lipinski definition) is 3. The molecule has 1 aromatic heterocycles. The Morgan fingerprint density at radius 3 is 2.77 bits per heavy atom. The van der Waals surface area contributed by atoms with Crippen molar-refractivity contribution in [3.05, 3.63) is 35.3 Å². The van der Waals surface area contributed by atoms with Crippen LogP contribution < -0.4 is 10.2 Å². The zero-order valence-corrected chi connectivity index (χ0v) is 7.19. The van der Waals surface area contributed by atoms with Gasteiger partial charge < -0.3 is 5.21 Å². The maximum Gasteiger partial charge on any atom is 0.275 e. The largest absolute Gasteiger partial charge is 0.619 e. The highest BCUT2D eigenvalue weighted by molar-refractivity contribution is 5.93. The van der Waals surface area contributed by atoms with Gasteiger partial charge in [-0.15, -0.1) is 0 Å². The first-order chi connectivity index (χ1) is 6.24. The Morgan fingerprint density at radius 2 is 2.23 bits per heavy atom. The molecule has 0 aliphatic carbocycles. The van der Waals surface area contributed by atoms with Gasteiger partial charge in [0.25, 0.3) is 5.91 Å². The lowest BCUT2D eigenvalue weighted by molar-refractivity contribution is -0.605. The molecule has 70 valence electrons. The molecule has 1 amide bonds. The number of carbonyl (C=O) groups excluding carboxylic acids is 1. The Labute approximate surface area is 75.5 Å². The van der Waals surface area contributed by atoms with Crippen molar-refractivity contribution in [2.24, 2.45) is 0 Å². The first-order valence-electron chi connectivity index (χ1n) is 3.85. The van der Waals surface area contributed by atoms with Crippen molar-refractivity contribution >= 4 is 5.91 Å². The Morgan fingerprint density at radius 1 is 1.62 bits per heavy atom. The summed E-state index contributed by atoms with van der Waals surface area (Å²) in [6.07, 6.45) is 2.50. The van der Waals surface area contributed by atoms with Crippen molar-refractivity contribution in [1.29, 1.82) is 0 Å². The van der Waals surface area contributed by atoms with Gasteiger partial charge in [-0.05, 0) is 6.92 Å². The van der Waals surface area contributed by atoms with Crippen LogP contribution in [0.25, 0.3) is 0 Å². The van der Waals surface area contributed by atoms with Crippen molar-refractivity contribution < 1.29 is 14.4 Å². The summed E-state index contributed by atoms with van der Waals surface area (Å²) in [4.78, 5) is 15.9. The van der Waals surface area contributed by atoms with Crippen molar-refractivity contribution in [2.75, 3.05) is 6.61 Å². The summed E-state index contributed by atoms with van der Waals surface area (Å²) < 4.78 is 0.609. The summed E-state index contributed by atoms with van der Waals surface area (Å²) in [5, 5.41) is 10.6. The van der Waals surface area contributed by atoms with E-state index in [0.29, 0.717) is 16.9 Å². The van der Waals surface area contributed by atoms with Crippen LogP contribution >= 0.6 is 0 Å². The number of aromatic nitrogens is 1. The molecule has 0 spiro atoms. The summed E-state index contributed by atoms with van der Waals surface area (Å²) in [6, 6.07) is 2.84. The first-order valence-corrected chi connectivity index (χ1v) is 3.85. The molecule has 1 aromatic rings. The van der Waals surface area contributed by atoms with E-state index >= 15 is 0 Å². The molecular formula is C8H10N2O3. The molecule has 5 heteroatoms. The molecular weight excluding hydrogens is 172 g/mol. The molecule has 0 saturated carbocycles. The molecule has 0 bridgehead atoms. The zero-order chi connectivity index (χ0) is 9.68. The molecule has 0 aliphatic heterocycles. The summed E-state index contributed by atoms with van der Waals surface area (Å²) in [5.41, 5.74) is 2.61. The maximum atomic E-state index is 11.2. The van der Waals surface area contributed by atoms with Crippen LogP contribution in [0.15, 0.2) is 24.5 Å². The van der Waals surface area contributed by atoms with Crippen LogP contribution in [-0.2, 0) is 4.84 Å². The molecule has 0 unspecified atom stereocenters. The molecule has 1 heterocycles. The van der Waals surface area contributed by atoms with E-state index in [1.54, 1.807) is 6.92 Å². The second-order valence-corrected chi connectivity index (χ2v) is 2.31. The average molecular weight is 182 g/mol. The average Bonchev–Trinajstić information content (AvgIpc) is 2.15. The van der Waals surface area contributed by atoms with Crippen molar-refractivity contribution in [1.82, 2.24) is 5.48 Å². The standard InChI is InChI=1S/C8H10N2O3/c1-2-13-9-8(11)7-3-5-10(12)6-4-7/h3-6H,2H2,1H3,(H,9,11). The minimum absolute atomic E-state index is 0.359. The molecule has 5 nitrogen and oxygen atoms in total. The monoisotopic (exact) mass is 182 g/mol. The van der Waals surface area contributed by atoms with Crippen molar-refractivity contribution in [3.8, 4) is 0 Å². The van der Waals surface area contributed by atoms with Gasteiger partial charge in [0.05, 0.1) is 12.2 Å². The van der Waals surface area contributed by atoms with Crippen LogP contribution in [-0.4, -0.2) is 12.5 Å². The van der Waals surface area contributed by atoms with Gasteiger partial charge in [0.1, 0.15) is 0 Å². The Hall–Kier alpha value is -1.62.